The maximum Gasteiger partial charge on any atom is 0.234 e. The number of carbonyl (C=O) groups is 1. The van der Waals surface area contributed by atoms with E-state index >= 15 is 0 Å². The van der Waals surface area contributed by atoms with Crippen LogP contribution in [0.5, 0.6) is 11.5 Å². The first-order valence-corrected chi connectivity index (χ1v) is 9.11. The van der Waals surface area contributed by atoms with Crippen LogP contribution < -0.4 is 20.1 Å². The van der Waals surface area contributed by atoms with E-state index in [9.17, 15) is 4.79 Å². The molecule has 2 N–H and O–H groups in total. The molecule has 2 aromatic rings. The number of nitrogens with one attached hydrogen (secondary N) is 2. The van der Waals surface area contributed by atoms with E-state index in [0.717, 1.165) is 30.8 Å². The molecule has 1 atom stereocenters. The number of hydrogen-bond donors (Lipinski definition) is 2. The van der Waals surface area contributed by atoms with Crippen molar-refractivity contribution in [2.45, 2.75) is 25.3 Å². The van der Waals surface area contributed by atoms with Crippen LogP contribution in [0, 0.1) is 0 Å². The zero-order valence-electron chi connectivity index (χ0n) is 15.2. The second kappa shape index (κ2) is 9.25. The Morgan fingerprint density at radius 1 is 1.12 bits per heavy atom. The summed E-state index contributed by atoms with van der Waals surface area (Å²) in [7, 11) is 1.64. The molecule has 0 bridgehead atoms. The summed E-state index contributed by atoms with van der Waals surface area (Å²) >= 11 is 0. The minimum absolute atomic E-state index is 0.0242. The van der Waals surface area contributed by atoms with Crippen LogP contribution in [0.3, 0.4) is 0 Å². The highest BCUT2D eigenvalue weighted by Gasteiger charge is 2.20. The van der Waals surface area contributed by atoms with Crippen LogP contribution in [0.1, 0.15) is 30.0 Å². The van der Waals surface area contributed by atoms with Gasteiger partial charge in [-0.2, -0.15) is 0 Å². The Bertz CT molecular complexity index is 715. The van der Waals surface area contributed by atoms with E-state index in [1.807, 2.05) is 30.3 Å². The highest BCUT2D eigenvalue weighted by molar-refractivity contribution is 5.78. The van der Waals surface area contributed by atoms with Gasteiger partial charge in [0.1, 0.15) is 18.1 Å². The number of benzene rings is 2. The van der Waals surface area contributed by atoms with E-state index in [0.29, 0.717) is 19.7 Å². The molecule has 5 nitrogen and oxygen atoms in total. The summed E-state index contributed by atoms with van der Waals surface area (Å²) in [6, 6.07) is 16.0. The van der Waals surface area contributed by atoms with Gasteiger partial charge in [-0.15, -0.1) is 0 Å². The van der Waals surface area contributed by atoms with Gasteiger partial charge in [0.25, 0.3) is 0 Å². The van der Waals surface area contributed by atoms with Crippen molar-refractivity contribution in [3.05, 3.63) is 59.7 Å². The van der Waals surface area contributed by atoms with E-state index in [-0.39, 0.29) is 11.9 Å². The molecule has 1 amide bonds. The summed E-state index contributed by atoms with van der Waals surface area (Å²) in [6.07, 6.45) is 3.22. The monoisotopic (exact) mass is 354 g/mol. The van der Waals surface area contributed by atoms with Crippen molar-refractivity contribution in [3.8, 4) is 11.5 Å². The van der Waals surface area contributed by atoms with Crippen LogP contribution in [0.2, 0.25) is 0 Å². The fourth-order valence-corrected chi connectivity index (χ4v) is 3.26. The van der Waals surface area contributed by atoms with Crippen LogP contribution in [0.25, 0.3) is 0 Å². The third-order valence-corrected chi connectivity index (χ3v) is 4.60. The number of carbonyl (C=O) groups excluding carboxylic acids is 1. The molecule has 138 valence electrons. The number of hydrogen-bond acceptors (Lipinski definition) is 4. The Morgan fingerprint density at radius 2 is 1.88 bits per heavy atom. The molecule has 0 saturated carbocycles. The Kier molecular flexibility index (Phi) is 6.50. The van der Waals surface area contributed by atoms with Gasteiger partial charge in [0, 0.05) is 6.54 Å². The molecule has 0 aliphatic heterocycles. The SMILES string of the molecule is COc1ccc(OCCNCC(=O)NC2CCCc3ccccc32)cc1. The summed E-state index contributed by atoms with van der Waals surface area (Å²) in [4.78, 5) is 12.2. The fourth-order valence-electron chi connectivity index (χ4n) is 3.26. The summed E-state index contributed by atoms with van der Waals surface area (Å²) in [5, 5.41) is 6.27. The van der Waals surface area contributed by atoms with Crippen LogP contribution in [-0.2, 0) is 11.2 Å². The lowest BCUT2D eigenvalue weighted by Gasteiger charge is -2.26. The minimum atomic E-state index is 0.0242. The average Bonchev–Trinajstić information content (AvgIpc) is 2.68. The standard InChI is InChI=1S/C21H26N2O3/c1-25-17-9-11-18(12-10-17)26-14-13-22-15-21(24)23-20-8-4-6-16-5-2-3-7-19(16)20/h2-3,5,7,9-12,20,22H,4,6,8,13-15H2,1H3,(H,23,24). The predicted molar refractivity (Wildman–Crippen MR) is 102 cm³/mol. The quantitative estimate of drug-likeness (QED) is 0.716. The van der Waals surface area contributed by atoms with Crippen molar-refractivity contribution >= 4 is 5.91 Å². The van der Waals surface area contributed by atoms with E-state index in [2.05, 4.69) is 28.8 Å². The van der Waals surface area contributed by atoms with Gasteiger partial charge in [-0.1, -0.05) is 24.3 Å². The van der Waals surface area contributed by atoms with Gasteiger partial charge in [0.2, 0.25) is 5.91 Å². The second-order valence-electron chi connectivity index (χ2n) is 6.41. The van der Waals surface area contributed by atoms with Crippen molar-refractivity contribution in [1.82, 2.24) is 10.6 Å². The van der Waals surface area contributed by atoms with Crippen molar-refractivity contribution < 1.29 is 14.3 Å². The summed E-state index contributed by atoms with van der Waals surface area (Å²) in [5.41, 5.74) is 2.61. The van der Waals surface area contributed by atoms with Gasteiger partial charge in [-0.05, 0) is 54.7 Å². The first kappa shape index (κ1) is 18.3. The highest BCUT2D eigenvalue weighted by atomic mass is 16.5. The first-order chi connectivity index (χ1) is 12.8. The van der Waals surface area contributed by atoms with Crippen molar-refractivity contribution in [2.75, 3.05) is 26.8 Å². The number of amides is 1. The molecule has 1 aliphatic rings. The van der Waals surface area contributed by atoms with Crippen LogP contribution in [0.4, 0.5) is 0 Å². The molecule has 0 aromatic heterocycles. The Balaban J connectivity index is 1.36. The van der Waals surface area contributed by atoms with Gasteiger partial charge in [0.05, 0.1) is 19.7 Å². The van der Waals surface area contributed by atoms with Crippen molar-refractivity contribution in [1.29, 1.82) is 0 Å². The lowest BCUT2D eigenvalue weighted by atomic mass is 9.88. The van der Waals surface area contributed by atoms with Crippen molar-refractivity contribution in [3.63, 3.8) is 0 Å². The molecule has 5 heteroatoms. The topological polar surface area (TPSA) is 59.6 Å². The Morgan fingerprint density at radius 3 is 2.69 bits per heavy atom. The average molecular weight is 354 g/mol. The predicted octanol–water partition coefficient (Wildman–Crippen LogP) is 2.86. The molecule has 0 spiro atoms. The molecule has 3 rings (SSSR count). The van der Waals surface area contributed by atoms with E-state index < -0.39 is 0 Å². The van der Waals surface area contributed by atoms with Gasteiger partial charge in [0.15, 0.2) is 0 Å². The molecule has 0 fully saturated rings. The van der Waals surface area contributed by atoms with Gasteiger partial charge in [-0.25, -0.2) is 0 Å². The molecule has 26 heavy (non-hydrogen) atoms. The molecule has 0 saturated heterocycles. The molecule has 1 unspecified atom stereocenters. The number of rotatable bonds is 8. The van der Waals surface area contributed by atoms with Gasteiger partial charge >= 0.3 is 0 Å². The molecule has 0 heterocycles. The zero-order chi connectivity index (χ0) is 18.2. The normalized spacial score (nSPS) is 15.8. The maximum atomic E-state index is 12.2. The summed E-state index contributed by atoms with van der Waals surface area (Å²) in [5.74, 6) is 1.61. The fraction of sp³-hybridized carbons (Fsp3) is 0.381. The summed E-state index contributed by atoms with van der Waals surface area (Å²) in [6.45, 7) is 1.41. The van der Waals surface area contributed by atoms with Gasteiger partial charge < -0.3 is 20.1 Å². The van der Waals surface area contributed by atoms with Gasteiger partial charge in [-0.3, -0.25) is 4.79 Å². The molecular formula is C21H26N2O3. The van der Waals surface area contributed by atoms with Crippen LogP contribution in [-0.4, -0.2) is 32.7 Å². The molecule has 0 radical (unpaired) electrons. The minimum Gasteiger partial charge on any atom is -0.497 e. The molecule has 1 aliphatic carbocycles. The smallest absolute Gasteiger partial charge is 0.234 e. The number of ether oxygens (including phenoxy) is 2. The number of aryl methyl sites for hydroxylation is 1. The third-order valence-electron chi connectivity index (χ3n) is 4.60. The molecular weight excluding hydrogens is 328 g/mol. The summed E-state index contributed by atoms with van der Waals surface area (Å²) < 4.78 is 10.7. The third kappa shape index (κ3) is 4.99. The molecule has 2 aromatic carbocycles. The zero-order valence-corrected chi connectivity index (χ0v) is 15.2. The maximum absolute atomic E-state index is 12.2. The van der Waals surface area contributed by atoms with E-state index in [1.165, 1.54) is 11.1 Å². The highest BCUT2D eigenvalue weighted by Crippen LogP contribution is 2.29. The lowest BCUT2D eigenvalue weighted by molar-refractivity contribution is -0.121. The first-order valence-electron chi connectivity index (χ1n) is 9.11. The largest absolute Gasteiger partial charge is 0.497 e. The number of fused-ring (bicyclic) bond motifs is 1. The lowest BCUT2D eigenvalue weighted by Crippen LogP contribution is -2.38. The van der Waals surface area contributed by atoms with Crippen molar-refractivity contribution in [2.24, 2.45) is 0 Å². The Hall–Kier alpha value is -2.53. The van der Waals surface area contributed by atoms with E-state index in [4.69, 9.17) is 9.47 Å². The van der Waals surface area contributed by atoms with Crippen LogP contribution in [0.15, 0.2) is 48.5 Å². The number of methoxy groups -OCH3 is 1. The van der Waals surface area contributed by atoms with E-state index in [1.54, 1.807) is 7.11 Å². The Labute approximate surface area is 154 Å². The van der Waals surface area contributed by atoms with Crippen LogP contribution >= 0.6 is 0 Å². The second-order valence-corrected chi connectivity index (χ2v) is 6.41.